The molecule has 1 aliphatic heterocycles. The highest BCUT2D eigenvalue weighted by atomic mass is 32.2. The van der Waals surface area contributed by atoms with Crippen molar-refractivity contribution in [1.82, 2.24) is 4.90 Å². The highest BCUT2D eigenvalue weighted by molar-refractivity contribution is 7.98. The van der Waals surface area contributed by atoms with E-state index < -0.39 is 22.9 Å². The summed E-state index contributed by atoms with van der Waals surface area (Å²) in [6, 6.07) is 10.2. The van der Waals surface area contributed by atoms with Crippen molar-refractivity contribution < 1.29 is 19.1 Å². The summed E-state index contributed by atoms with van der Waals surface area (Å²) in [6.07, 6.45) is 2.60. The minimum absolute atomic E-state index is 0.224. The summed E-state index contributed by atoms with van der Waals surface area (Å²) in [6.45, 7) is 8.28. The van der Waals surface area contributed by atoms with Gasteiger partial charge in [-0.1, -0.05) is 12.1 Å². The number of carbonyl (C=O) groups excluding carboxylic acids is 2. The first-order chi connectivity index (χ1) is 13.7. The predicted octanol–water partition coefficient (Wildman–Crippen LogP) is 4.38. The van der Waals surface area contributed by atoms with E-state index >= 15 is 0 Å². The van der Waals surface area contributed by atoms with Crippen LogP contribution >= 0.6 is 11.8 Å². The Balaban J connectivity index is 2.36. The molecule has 1 aromatic rings. The van der Waals surface area contributed by atoms with Crippen molar-refractivity contribution in [1.29, 1.82) is 5.26 Å². The van der Waals surface area contributed by atoms with Crippen LogP contribution < -0.4 is 0 Å². The van der Waals surface area contributed by atoms with Crippen molar-refractivity contribution in [3.8, 4) is 6.07 Å². The van der Waals surface area contributed by atoms with E-state index in [2.05, 4.69) is 6.07 Å². The molecule has 0 aromatic heterocycles. The van der Waals surface area contributed by atoms with Crippen LogP contribution in [0.1, 0.15) is 46.1 Å². The molecule has 1 atom stereocenters. The number of amides is 1. The molecule has 158 valence electrons. The minimum atomic E-state index is -0.930. The van der Waals surface area contributed by atoms with Crippen LogP contribution in [-0.2, 0) is 19.7 Å². The summed E-state index contributed by atoms with van der Waals surface area (Å²) in [5.41, 5.74) is -0.336. The lowest BCUT2D eigenvalue weighted by atomic mass is 9.64. The molecule has 29 heavy (non-hydrogen) atoms. The van der Waals surface area contributed by atoms with Crippen molar-refractivity contribution >= 4 is 23.8 Å². The number of likely N-dealkylation sites (tertiary alicyclic amines) is 1. The van der Waals surface area contributed by atoms with E-state index in [-0.39, 0.29) is 12.7 Å². The summed E-state index contributed by atoms with van der Waals surface area (Å²) in [5, 5.41) is 9.90. The predicted molar refractivity (Wildman–Crippen MR) is 113 cm³/mol. The van der Waals surface area contributed by atoms with Crippen LogP contribution in [0.5, 0.6) is 0 Å². The first-order valence-electron chi connectivity index (χ1n) is 9.85. The van der Waals surface area contributed by atoms with Crippen LogP contribution in [0.15, 0.2) is 29.2 Å². The van der Waals surface area contributed by atoms with Crippen LogP contribution in [0.2, 0.25) is 0 Å². The van der Waals surface area contributed by atoms with Gasteiger partial charge in [0.15, 0.2) is 5.92 Å². The topological polar surface area (TPSA) is 79.6 Å². The van der Waals surface area contributed by atoms with E-state index in [1.165, 1.54) is 0 Å². The van der Waals surface area contributed by atoms with Gasteiger partial charge in [-0.15, -0.1) is 11.8 Å². The highest BCUT2D eigenvalue weighted by Gasteiger charge is 2.48. The van der Waals surface area contributed by atoms with E-state index in [1.807, 2.05) is 51.3 Å². The molecule has 0 spiro atoms. The summed E-state index contributed by atoms with van der Waals surface area (Å²) < 4.78 is 10.7. The van der Waals surface area contributed by atoms with Gasteiger partial charge >= 0.3 is 12.1 Å². The summed E-state index contributed by atoms with van der Waals surface area (Å²) in [7, 11) is 0. The third-order valence-corrected chi connectivity index (χ3v) is 5.88. The molecule has 1 amide bonds. The fourth-order valence-electron chi connectivity index (χ4n) is 3.72. The van der Waals surface area contributed by atoms with Gasteiger partial charge in [0.05, 0.1) is 12.7 Å². The Hall–Kier alpha value is -2.20. The number of nitriles is 1. The fraction of sp³-hybridized carbons (Fsp3) is 0.591. The summed E-state index contributed by atoms with van der Waals surface area (Å²) >= 11 is 1.61. The average molecular weight is 419 g/mol. The normalized spacial score (nSPS) is 17.2. The van der Waals surface area contributed by atoms with E-state index in [0.717, 1.165) is 10.5 Å². The SMILES string of the molecule is CCOC(=O)C(C#N)C1(c2cccc(SC)c2)CCN(C(=O)OC(C)(C)C)CC1. The Morgan fingerprint density at radius 2 is 1.97 bits per heavy atom. The number of nitrogens with zero attached hydrogens (tertiary/aromatic N) is 2. The van der Waals surface area contributed by atoms with Gasteiger partial charge in [0.1, 0.15) is 5.60 Å². The second kappa shape index (κ2) is 9.53. The van der Waals surface area contributed by atoms with E-state index in [4.69, 9.17) is 9.47 Å². The lowest BCUT2D eigenvalue weighted by Crippen LogP contribution is -2.51. The average Bonchev–Trinajstić information content (AvgIpc) is 2.68. The molecule has 1 saturated heterocycles. The molecule has 6 nitrogen and oxygen atoms in total. The molecule has 0 aliphatic carbocycles. The van der Waals surface area contributed by atoms with Crippen molar-refractivity contribution in [2.24, 2.45) is 5.92 Å². The van der Waals surface area contributed by atoms with E-state index in [0.29, 0.717) is 25.9 Å². The standard InChI is InChI=1S/C22H30N2O4S/c1-6-27-19(25)18(15-23)22(16-8-7-9-17(14-16)29-5)10-12-24(13-11-22)20(26)28-21(2,3)4/h7-9,14,18H,6,10-13H2,1-5H3. The molecule has 1 heterocycles. The van der Waals surface area contributed by atoms with Gasteiger partial charge in [0.2, 0.25) is 0 Å². The van der Waals surface area contributed by atoms with E-state index in [9.17, 15) is 14.9 Å². The van der Waals surface area contributed by atoms with Crippen molar-refractivity contribution in [3.05, 3.63) is 29.8 Å². The number of rotatable bonds is 5. The number of hydrogen-bond acceptors (Lipinski definition) is 6. The molecule has 1 fully saturated rings. The van der Waals surface area contributed by atoms with Gasteiger partial charge in [-0.2, -0.15) is 5.26 Å². The molecule has 0 N–H and O–H groups in total. The van der Waals surface area contributed by atoms with Gasteiger partial charge < -0.3 is 14.4 Å². The third kappa shape index (κ3) is 5.45. The lowest BCUT2D eigenvalue weighted by Gasteiger charge is -2.44. The van der Waals surface area contributed by atoms with Crippen molar-refractivity contribution in [3.63, 3.8) is 0 Å². The molecule has 0 saturated carbocycles. The molecular formula is C22H30N2O4S. The molecule has 1 aliphatic rings. The Kier molecular flexibility index (Phi) is 7.59. The van der Waals surface area contributed by atoms with Gasteiger partial charge in [-0.05, 0) is 64.5 Å². The van der Waals surface area contributed by atoms with Crippen molar-refractivity contribution in [2.45, 2.75) is 56.4 Å². The zero-order valence-electron chi connectivity index (χ0n) is 17.9. The second-order valence-electron chi connectivity index (χ2n) is 8.17. The molecule has 7 heteroatoms. The van der Waals surface area contributed by atoms with Crippen LogP contribution in [0.25, 0.3) is 0 Å². The van der Waals surface area contributed by atoms with Crippen LogP contribution in [0, 0.1) is 17.2 Å². The highest BCUT2D eigenvalue weighted by Crippen LogP contribution is 2.43. The quantitative estimate of drug-likeness (QED) is 0.521. The van der Waals surface area contributed by atoms with Crippen LogP contribution in [0.3, 0.4) is 0 Å². The zero-order chi connectivity index (χ0) is 21.7. The molecule has 2 rings (SSSR count). The van der Waals surface area contributed by atoms with Crippen molar-refractivity contribution in [2.75, 3.05) is 26.0 Å². The number of hydrogen-bond donors (Lipinski definition) is 0. The Morgan fingerprint density at radius 1 is 1.31 bits per heavy atom. The zero-order valence-corrected chi connectivity index (χ0v) is 18.7. The maximum atomic E-state index is 12.7. The van der Waals surface area contributed by atoms with Gasteiger partial charge in [-0.25, -0.2) is 4.79 Å². The molecule has 1 unspecified atom stereocenters. The van der Waals surface area contributed by atoms with Crippen LogP contribution in [0.4, 0.5) is 4.79 Å². The maximum absolute atomic E-state index is 12.7. The third-order valence-electron chi connectivity index (χ3n) is 5.16. The largest absolute Gasteiger partial charge is 0.465 e. The number of piperidine rings is 1. The summed E-state index contributed by atoms with van der Waals surface area (Å²) in [5.74, 6) is -1.43. The summed E-state index contributed by atoms with van der Waals surface area (Å²) in [4.78, 5) is 27.9. The maximum Gasteiger partial charge on any atom is 0.410 e. The Morgan fingerprint density at radius 3 is 2.48 bits per heavy atom. The van der Waals surface area contributed by atoms with Gasteiger partial charge in [0, 0.05) is 23.4 Å². The molecule has 0 radical (unpaired) electrons. The monoisotopic (exact) mass is 418 g/mol. The lowest BCUT2D eigenvalue weighted by molar-refractivity contribution is -0.149. The van der Waals surface area contributed by atoms with Gasteiger partial charge in [-0.3, -0.25) is 4.79 Å². The number of benzene rings is 1. The van der Waals surface area contributed by atoms with E-state index in [1.54, 1.807) is 23.6 Å². The molecule has 0 bridgehead atoms. The minimum Gasteiger partial charge on any atom is -0.465 e. The fourth-order valence-corrected chi connectivity index (χ4v) is 4.18. The first kappa shape index (κ1) is 23.1. The Labute approximate surface area is 177 Å². The number of esters is 1. The van der Waals surface area contributed by atoms with Gasteiger partial charge in [0.25, 0.3) is 0 Å². The number of carbonyl (C=O) groups is 2. The smallest absolute Gasteiger partial charge is 0.410 e. The Bertz CT molecular complexity index is 774. The molecular weight excluding hydrogens is 388 g/mol. The molecule has 1 aromatic carbocycles. The van der Waals surface area contributed by atoms with Crippen LogP contribution in [-0.4, -0.2) is 48.5 Å². The number of ether oxygens (including phenoxy) is 2. The first-order valence-corrected chi connectivity index (χ1v) is 11.1. The number of thioether (sulfide) groups is 1. The second-order valence-corrected chi connectivity index (χ2v) is 9.05.